The van der Waals surface area contributed by atoms with Gasteiger partial charge >= 0.3 is 0 Å². The average molecular weight is 333 g/mol. The van der Waals surface area contributed by atoms with E-state index in [2.05, 4.69) is 55.0 Å². The molecule has 3 aromatic rings. The second-order valence-electron chi connectivity index (χ2n) is 7.14. The Morgan fingerprint density at radius 1 is 0.920 bits per heavy atom. The molecule has 1 atom stereocenters. The van der Waals surface area contributed by atoms with E-state index in [9.17, 15) is 0 Å². The standard InChI is InChI=1S/C20H23N5/c1-2-10-19-22-23-20(25(19)13-5-1)18-9-6-14-24(18)17-11-12-21-16-8-4-3-7-15(16)17/h3-4,7-8,11-12,18H,1-2,5-6,9-10,13-14H2. The van der Waals surface area contributed by atoms with Crippen LogP contribution in [0.1, 0.15) is 49.8 Å². The molecule has 1 aromatic carbocycles. The molecule has 0 aliphatic carbocycles. The molecule has 2 aliphatic heterocycles. The van der Waals surface area contributed by atoms with Crippen molar-refractivity contribution in [1.29, 1.82) is 0 Å². The molecule has 1 unspecified atom stereocenters. The van der Waals surface area contributed by atoms with Crippen molar-refractivity contribution in [3.63, 3.8) is 0 Å². The van der Waals surface area contributed by atoms with Crippen LogP contribution in [-0.4, -0.2) is 26.3 Å². The number of rotatable bonds is 2. The predicted octanol–water partition coefficient (Wildman–Crippen LogP) is 3.89. The Labute approximate surface area is 147 Å². The number of aromatic nitrogens is 4. The molecule has 1 saturated heterocycles. The fraction of sp³-hybridized carbons (Fsp3) is 0.450. The Morgan fingerprint density at radius 2 is 1.88 bits per heavy atom. The highest BCUT2D eigenvalue weighted by molar-refractivity contribution is 5.91. The number of hydrogen-bond acceptors (Lipinski definition) is 4. The van der Waals surface area contributed by atoms with Crippen LogP contribution in [0, 0.1) is 0 Å². The molecule has 4 heterocycles. The quantitative estimate of drug-likeness (QED) is 0.714. The summed E-state index contributed by atoms with van der Waals surface area (Å²) >= 11 is 0. The zero-order valence-corrected chi connectivity index (χ0v) is 14.4. The van der Waals surface area contributed by atoms with Gasteiger partial charge in [0.15, 0.2) is 5.82 Å². The summed E-state index contributed by atoms with van der Waals surface area (Å²) in [5, 5.41) is 10.4. The molecule has 2 aliphatic rings. The highest BCUT2D eigenvalue weighted by Crippen LogP contribution is 2.38. The molecule has 5 heteroatoms. The number of hydrogen-bond donors (Lipinski definition) is 0. The van der Waals surface area contributed by atoms with Crippen LogP contribution in [0.4, 0.5) is 5.69 Å². The Kier molecular flexibility index (Phi) is 3.65. The van der Waals surface area contributed by atoms with E-state index in [4.69, 9.17) is 0 Å². The fourth-order valence-electron chi connectivity index (χ4n) is 4.41. The van der Waals surface area contributed by atoms with Gasteiger partial charge < -0.3 is 9.47 Å². The van der Waals surface area contributed by atoms with Crippen LogP contribution in [0.5, 0.6) is 0 Å². The van der Waals surface area contributed by atoms with Gasteiger partial charge in [0.1, 0.15) is 5.82 Å². The molecule has 0 bridgehead atoms. The lowest BCUT2D eigenvalue weighted by atomic mass is 10.1. The lowest BCUT2D eigenvalue weighted by Crippen LogP contribution is -2.26. The molecule has 25 heavy (non-hydrogen) atoms. The molecular weight excluding hydrogens is 310 g/mol. The van der Waals surface area contributed by atoms with Crippen LogP contribution >= 0.6 is 0 Å². The lowest BCUT2D eigenvalue weighted by molar-refractivity contribution is 0.560. The van der Waals surface area contributed by atoms with Crippen molar-refractivity contribution in [3.05, 3.63) is 48.2 Å². The number of para-hydroxylation sites is 1. The summed E-state index contributed by atoms with van der Waals surface area (Å²) in [5.41, 5.74) is 2.34. The summed E-state index contributed by atoms with van der Waals surface area (Å²) in [6.07, 6.45) is 9.12. The zero-order chi connectivity index (χ0) is 16.6. The van der Waals surface area contributed by atoms with E-state index in [0.717, 1.165) is 37.3 Å². The number of benzene rings is 1. The van der Waals surface area contributed by atoms with Gasteiger partial charge in [-0.2, -0.15) is 0 Å². The van der Waals surface area contributed by atoms with E-state index in [-0.39, 0.29) is 0 Å². The van der Waals surface area contributed by atoms with Gasteiger partial charge in [-0.15, -0.1) is 10.2 Å². The number of pyridine rings is 1. The Balaban J connectivity index is 1.57. The van der Waals surface area contributed by atoms with Crippen molar-refractivity contribution in [2.45, 2.75) is 51.1 Å². The fourth-order valence-corrected chi connectivity index (χ4v) is 4.41. The van der Waals surface area contributed by atoms with Gasteiger partial charge in [-0.25, -0.2) is 0 Å². The first-order valence-electron chi connectivity index (χ1n) is 9.44. The van der Waals surface area contributed by atoms with Crippen molar-refractivity contribution in [3.8, 4) is 0 Å². The molecular formula is C20H23N5. The number of nitrogens with zero attached hydrogens (tertiary/aromatic N) is 5. The first-order chi connectivity index (χ1) is 12.4. The van der Waals surface area contributed by atoms with E-state index in [0.29, 0.717) is 6.04 Å². The first-order valence-corrected chi connectivity index (χ1v) is 9.44. The minimum atomic E-state index is 0.324. The number of aryl methyl sites for hydroxylation is 1. The van der Waals surface area contributed by atoms with Gasteiger partial charge in [0.2, 0.25) is 0 Å². The van der Waals surface area contributed by atoms with Crippen molar-refractivity contribution >= 4 is 16.6 Å². The second kappa shape index (κ2) is 6.14. The third kappa shape index (κ3) is 2.49. The molecule has 0 amide bonds. The highest BCUT2D eigenvalue weighted by atomic mass is 15.3. The van der Waals surface area contributed by atoms with Crippen LogP contribution in [-0.2, 0) is 13.0 Å². The van der Waals surface area contributed by atoms with Crippen molar-refractivity contribution in [1.82, 2.24) is 19.7 Å². The molecule has 0 N–H and O–H groups in total. The van der Waals surface area contributed by atoms with Gasteiger partial charge in [-0.05, 0) is 37.8 Å². The SMILES string of the molecule is c1ccc2c(N3CCCC3c3nnc4n3CCCCC4)ccnc2c1. The van der Waals surface area contributed by atoms with E-state index < -0.39 is 0 Å². The molecule has 1 fully saturated rings. The Hall–Kier alpha value is -2.43. The van der Waals surface area contributed by atoms with Crippen LogP contribution in [0.3, 0.4) is 0 Å². The molecule has 0 radical (unpaired) electrons. The maximum Gasteiger partial charge on any atom is 0.155 e. The van der Waals surface area contributed by atoms with Gasteiger partial charge in [0.05, 0.1) is 11.6 Å². The predicted molar refractivity (Wildman–Crippen MR) is 98.6 cm³/mol. The number of anilines is 1. The highest BCUT2D eigenvalue weighted by Gasteiger charge is 2.32. The molecule has 5 rings (SSSR count). The van der Waals surface area contributed by atoms with Crippen molar-refractivity contribution in [2.75, 3.05) is 11.4 Å². The van der Waals surface area contributed by atoms with Crippen LogP contribution in [0.25, 0.3) is 10.9 Å². The van der Waals surface area contributed by atoms with E-state index >= 15 is 0 Å². The normalized spacial score (nSPS) is 20.6. The molecule has 0 spiro atoms. The minimum absolute atomic E-state index is 0.324. The maximum atomic E-state index is 4.63. The summed E-state index contributed by atoms with van der Waals surface area (Å²) in [4.78, 5) is 7.04. The lowest BCUT2D eigenvalue weighted by Gasteiger charge is -2.27. The third-order valence-corrected chi connectivity index (χ3v) is 5.62. The summed E-state index contributed by atoms with van der Waals surface area (Å²) in [5.74, 6) is 2.34. The first kappa shape index (κ1) is 14.9. The number of fused-ring (bicyclic) bond motifs is 2. The second-order valence-corrected chi connectivity index (χ2v) is 7.14. The minimum Gasteiger partial charge on any atom is -0.361 e. The van der Waals surface area contributed by atoms with Crippen molar-refractivity contribution in [2.24, 2.45) is 0 Å². The van der Waals surface area contributed by atoms with E-state index in [1.807, 2.05) is 6.20 Å². The van der Waals surface area contributed by atoms with Crippen LogP contribution in [0.15, 0.2) is 36.5 Å². The monoisotopic (exact) mass is 333 g/mol. The third-order valence-electron chi connectivity index (χ3n) is 5.62. The van der Waals surface area contributed by atoms with Gasteiger partial charge in [0.25, 0.3) is 0 Å². The molecule has 0 saturated carbocycles. The Morgan fingerprint density at radius 3 is 2.88 bits per heavy atom. The largest absolute Gasteiger partial charge is 0.361 e. The summed E-state index contributed by atoms with van der Waals surface area (Å²) in [7, 11) is 0. The average Bonchev–Trinajstić information content (AvgIpc) is 3.22. The van der Waals surface area contributed by atoms with E-state index in [1.165, 1.54) is 42.6 Å². The summed E-state index contributed by atoms with van der Waals surface area (Å²) in [6, 6.07) is 10.9. The Bertz CT molecular complexity index is 895. The van der Waals surface area contributed by atoms with Gasteiger partial charge in [-0.1, -0.05) is 24.6 Å². The zero-order valence-electron chi connectivity index (χ0n) is 14.4. The summed E-state index contributed by atoms with van der Waals surface area (Å²) in [6.45, 7) is 2.14. The van der Waals surface area contributed by atoms with Crippen molar-refractivity contribution < 1.29 is 0 Å². The van der Waals surface area contributed by atoms with Crippen LogP contribution < -0.4 is 4.90 Å². The van der Waals surface area contributed by atoms with Gasteiger partial charge in [0, 0.05) is 36.8 Å². The topological polar surface area (TPSA) is 46.8 Å². The maximum absolute atomic E-state index is 4.63. The molecule has 128 valence electrons. The summed E-state index contributed by atoms with van der Waals surface area (Å²) < 4.78 is 2.40. The van der Waals surface area contributed by atoms with Crippen LogP contribution in [0.2, 0.25) is 0 Å². The smallest absolute Gasteiger partial charge is 0.155 e. The molecule has 2 aromatic heterocycles. The van der Waals surface area contributed by atoms with Gasteiger partial charge in [-0.3, -0.25) is 4.98 Å². The van der Waals surface area contributed by atoms with E-state index in [1.54, 1.807) is 0 Å². The molecule has 5 nitrogen and oxygen atoms in total.